The maximum atomic E-state index is 10.6. The summed E-state index contributed by atoms with van der Waals surface area (Å²) in [6.07, 6.45) is 0. The highest BCUT2D eigenvalue weighted by Gasteiger charge is 2.24. The normalized spacial score (nSPS) is 11.5. The molecule has 1 rings (SSSR count). The zero-order chi connectivity index (χ0) is 13.1. The smallest absolute Gasteiger partial charge is 0.318 e. The Bertz CT molecular complexity index is 398. The first-order chi connectivity index (χ1) is 7.86. The Morgan fingerprint density at radius 3 is 2.59 bits per heavy atom. The Hall–Kier alpha value is -1.24. The van der Waals surface area contributed by atoms with Gasteiger partial charge in [-0.3, -0.25) is 9.36 Å². The fraction of sp³-hybridized carbons (Fsp3) is 0.700. The zero-order valence-electron chi connectivity index (χ0n) is 10.4. The number of carbonyl (C=O) groups is 1. The quantitative estimate of drug-likeness (QED) is 0.809. The minimum atomic E-state index is -0.878. The predicted molar refractivity (Wildman–Crippen MR) is 64.5 cm³/mol. The highest BCUT2D eigenvalue weighted by atomic mass is 32.2. The molecule has 1 aromatic rings. The van der Waals surface area contributed by atoms with Crippen molar-refractivity contribution in [3.05, 3.63) is 0 Å². The van der Waals surface area contributed by atoms with Crippen molar-refractivity contribution in [3.8, 4) is 6.01 Å². The van der Waals surface area contributed by atoms with E-state index in [0.717, 1.165) is 11.8 Å². The van der Waals surface area contributed by atoms with Crippen LogP contribution in [0.5, 0.6) is 6.01 Å². The predicted octanol–water partition coefficient (Wildman–Crippen LogP) is 1.61. The average molecular weight is 259 g/mol. The van der Waals surface area contributed by atoms with Crippen molar-refractivity contribution < 1.29 is 14.6 Å². The highest BCUT2D eigenvalue weighted by Crippen LogP contribution is 2.28. The van der Waals surface area contributed by atoms with Crippen molar-refractivity contribution in [2.24, 2.45) is 0 Å². The highest BCUT2D eigenvalue weighted by molar-refractivity contribution is 7.99. The van der Waals surface area contributed by atoms with Gasteiger partial charge in [0.2, 0.25) is 0 Å². The minimum Gasteiger partial charge on any atom is -0.481 e. The van der Waals surface area contributed by atoms with Crippen LogP contribution in [-0.4, -0.2) is 38.2 Å². The van der Waals surface area contributed by atoms with Crippen molar-refractivity contribution >= 4 is 17.7 Å². The summed E-state index contributed by atoms with van der Waals surface area (Å²) in [5, 5.41) is 17.1. The lowest BCUT2D eigenvalue weighted by atomic mass is 10.1. The molecule has 0 aliphatic carbocycles. The summed E-state index contributed by atoms with van der Waals surface area (Å²) >= 11 is 1.14. The van der Waals surface area contributed by atoms with Gasteiger partial charge in [-0.2, -0.15) is 0 Å². The van der Waals surface area contributed by atoms with Gasteiger partial charge in [-0.1, -0.05) is 16.9 Å². The lowest BCUT2D eigenvalue weighted by Crippen LogP contribution is -2.24. The van der Waals surface area contributed by atoms with Gasteiger partial charge in [-0.15, -0.1) is 5.10 Å². The molecule has 0 amide bonds. The summed E-state index contributed by atoms with van der Waals surface area (Å²) in [5.41, 5.74) is -0.255. The number of aromatic nitrogens is 3. The molecule has 0 unspecified atom stereocenters. The second-order valence-corrected chi connectivity index (χ2v) is 5.33. The van der Waals surface area contributed by atoms with E-state index >= 15 is 0 Å². The number of thioether (sulfide) groups is 1. The molecule has 6 nitrogen and oxygen atoms in total. The van der Waals surface area contributed by atoms with Gasteiger partial charge in [0.25, 0.3) is 0 Å². The van der Waals surface area contributed by atoms with Crippen LogP contribution in [-0.2, 0) is 10.3 Å². The fourth-order valence-electron chi connectivity index (χ4n) is 1.27. The Kier molecular flexibility index (Phi) is 4.39. The third-order valence-corrected chi connectivity index (χ3v) is 2.79. The van der Waals surface area contributed by atoms with Crippen molar-refractivity contribution in [2.45, 2.75) is 38.4 Å². The van der Waals surface area contributed by atoms with Gasteiger partial charge < -0.3 is 9.84 Å². The SMILES string of the molecule is CCOc1nnc(SCC(=O)O)n1C(C)(C)C. The van der Waals surface area contributed by atoms with E-state index in [1.165, 1.54) is 0 Å². The number of hydrogen-bond donors (Lipinski definition) is 1. The Labute approximate surface area is 104 Å². The van der Waals surface area contributed by atoms with Gasteiger partial charge in [0, 0.05) is 5.54 Å². The summed E-state index contributed by atoms with van der Waals surface area (Å²) in [7, 11) is 0. The third-order valence-electron chi connectivity index (χ3n) is 1.87. The van der Waals surface area contributed by atoms with Crippen molar-refractivity contribution in [1.82, 2.24) is 14.8 Å². The Morgan fingerprint density at radius 1 is 1.47 bits per heavy atom. The molecule has 1 N–H and O–H groups in total. The molecule has 0 aliphatic rings. The van der Waals surface area contributed by atoms with Crippen LogP contribution in [0.4, 0.5) is 0 Å². The zero-order valence-corrected chi connectivity index (χ0v) is 11.2. The van der Waals surface area contributed by atoms with Gasteiger partial charge in [0.15, 0.2) is 5.16 Å². The first kappa shape index (κ1) is 13.8. The molecule has 0 saturated heterocycles. The molecule has 0 aliphatic heterocycles. The summed E-state index contributed by atoms with van der Waals surface area (Å²) in [5.74, 6) is -0.920. The Morgan fingerprint density at radius 2 is 2.12 bits per heavy atom. The molecule has 1 aromatic heterocycles. The van der Waals surface area contributed by atoms with Crippen LogP contribution in [0, 0.1) is 0 Å². The number of aliphatic carboxylic acids is 1. The van der Waals surface area contributed by atoms with Crippen LogP contribution in [0.1, 0.15) is 27.7 Å². The van der Waals surface area contributed by atoms with E-state index in [-0.39, 0.29) is 11.3 Å². The molecular formula is C10H17N3O3S. The summed E-state index contributed by atoms with van der Waals surface area (Å²) in [6.45, 7) is 8.33. The Balaban J connectivity index is 3.00. The van der Waals surface area contributed by atoms with E-state index in [1.54, 1.807) is 0 Å². The fourth-order valence-corrected chi connectivity index (χ4v) is 2.11. The van der Waals surface area contributed by atoms with Gasteiger partial charge >= 0.3 is 12.0 Å². The summed E-state index contributed by atoms with van der Waals surface area (Å²) in [4.78, 5) is 10.6. The van der Waals surface area contributed by atoms with Crippen LogP contribution in [0.15, 0.2) is 5.16 Å². The van der Waals surface area contributed by atoms with Crippen LogP contribution in [0.2, 0.25) is 0 Å². The summed E-state index contributed by atoms with van der Waals surface area (Å²) in [6, 6.07) is 0.424. The van der Waals surface area contributed by atoms with Gasteiger partial charge in [0.05, 0.1) is 12.4 Å². The first-order valence-corrected chi connectivity index (χ1v) is 6.28. The van der Waals surface area contributed by atoms with E-state index < -0.39 is 5.97 Å². The molecule has 7 heteroatoms. The molecular weight excluding hydrogens is 242 g/mol. The molecule has 0 bridgehead atoms. The molecule has 0 fully saturated rings. The largest absolute Gasteiger partial charge is 0.481 e. The van der Waals surface area contributed by atoms with Crippen LogP contribution >= 0.6 is 11.8 Å². The molecule has 0 saturated carbocycles. The number of carboxylic acids is 1. The number of carboxylic acid groups (broad SMARTS) is 1. The molecule has 96 valence electrons. The van der Waals surface area contributed by atoms with E-state index in [0.29, 0.717) is 17.8 Å². The second-order valence-electron chi connectivity index (χ2n) is 4.39. The van der Waals surface area contributed by atoms with Crippen molar-refractivity contribution in [3.63, 3.8) is 0 Å². The molecule has 1 heterocycles. The van der Waals surface area contributed by atoms with Crippen molar-refractivity contribution in [1.29, 1.82) is 0 Å². The van der Waals surface area contributed by atoms with Gasteiger partial charge in [-0.05, 0) is 27.7 Å². The monoisotopic (exact) mass is 259 g/mol. The first-order valence-electron chi connectivity index (χ1n) is 5.29. The van der Waals surface area contributed by atoms with Gasteiger partial charge in [0.1, 0.15) is 0 Å². The number of nitrogens with zero attached hydrogens (tertiary/aromatic N) is 3. The van der Waals surface area contributed by atoms with E-state index in [9.17, 15) is 4.79 Å². The average Bonchev–Trinajstić information content (AvgIpc) is 2.58. The van der Waals surface area contributed by atoms with Crippen LogP contribution in [0.3, 0.4) is 0 Å². The lowest BCUT2D eigenvalue weighted by molar-refractivity contribution is -0.133. The number of ether oxygens (including phenoxy) is 1. The minimum absolute atomic E-state index is 0.0413. The maximum Gasteiger partial charge on any atom is 0.318 e. The van der Waals surface area contributed by atoms with Crippen LogP contribution < -0.4 is 4.74 Å². The molecule has 0 spiro atoms. The van der Waals surface area contributed by atoms with Crippen molar-refractivity contribution in [2.75, 3.05) is 12.4 Å². The summed E-state index contributed by atoms with van der Waals surface area (Å²) < 4.78 is 7.19. The number of hydrogen-bond acceptors (Lipinski definition) is 5. The molecule has 0 atom stereocenters. The van der Waals surface area contributed by atoms with E-state index in [4.69, 9.17) is 9.84 Å². The van der Waals surface area contributed by atoms with E-state index in [2.05, 4.69) is 10.2 Å². The van der Waals surface area contributed by atoms with Crippen LogP contribution in [0.25, 0.3) is 0 Å². The molecule has 0 aromatic carbocycles. The topological polar surface area (TPSA) is 77.2 Å². The molecule has 17 heavy (non-hydrogen) atoms. The third kappa shape index (κ3) is 3.62. The lowest BCUT2D eigenvalue weighted by Gasteiger charge is -2.23. The molecule has 0 radical (unpaired) electrons. The maximum absolute atomic E-state index is 10.6. The van der Waals surface area contributed by atoms with E-state index in [1.807, 2.05) is 32.3 Å². The number of rotatable bonds is 5. The van der Waals surface area contributed by atoms with Gasteiger partial charge in [-0.25, -0.2) is 0 Å². The second kappa shape index (κ2) is 5.39. The standard InChI is InChI=1S/C10H17N3O3S/c1-5-16-8-11-12-9(17-6-7(14)15)13(8)10(2,3)4/h5-6H2,1-4H3,(H,14,15).